The van der Waals surface area contributed by atoms with Crippen LogP contribution in [0.25, 0.3) is 0 Å². The van der Waals surface area contributed by atoms with E-state index in [0.717, 1.165) is 5.56 Å². The lowest BCUT2D eigenvalue weighted by Crippen LogP contribution is -2.30. The van der Waals surface area contributed by atoms with E-state index in [0.29, 0.717) is 17.7 Å². The normalized spacial score (nSPS) is 12.2. The molecule has 4 N–H and O–H groups in total. The van der Waals surface area contributed by atoms with Crippen LogP contribution in [0.3, 0.4) is 0 Å². The molecule has 1 aromatic carbocycles. The fourth-order valence-corrected chi connectivity index (χ4v) is 1.92. The van der Waals surface area contributed by atoms with Crippen LogP contribution in [0.15, 0.2) is 18.2 Å². The smallest absolute Gasteiger partial charge is 0.326 e. The number of aliphatic carboxylic acids is 1. The molecule has 0 saturated carbocycles. The van der Waals surface area contributed by atoms with E-state index in [4.69, 9.17) is 10.8 Å². The number of nitrogens with one attached hydrogen (secondary N) is 1. The molecule has 0 fully saturated rings. The zero-order valence-corrected chi connectivity index (χ0v) is 11.4. The second-order valence-electron chi connectivity index (χ2n) is 5.06. The van der Waals surface area contributed by atoms with Crippen LogP contribution in [-0.4, -0.2) is 23.0 Å². The van der Waals surface area contributed by atoms with Crippen LogP contribution < -0.4 is 11.1 Å². The number of rotatable bonds is 6. The summed E-state index contributed by atoms with van der Waals surface area (Å²) in [6, 6.07) is 4.37. The number of amides is 1. The van der Waals surface area contributed by atoms with E-state index in [2.05, 4.69) is 5.32 Å². The van der Waals surface area contributed by atoms with E-state index in [1.807, 2.05) is 13.8 Å². The van der Waals surface area contributed by atoms with Gasteiger partial charge in [-0.1, -0.05) is 13.8 Å². The first-order chi connectivity index (χ1) is 8.81. The highest BCUT2D eigenvalue weighted by Gasteiger charge is 2.18. The number of hydrogen-bond acceptors (Lipinski definition) is 3. The molecule has 0 spiro atoms. The molecule has 1 atom stereocenters. The highest BCUT2D eigenvalue weighted by atomic mass is 16.4. The molecule has 1 amide bonds. The van der Waals surface area contributed by atoms with Gasteiger partial charge in [-0.3, -0.25) is 4.79 Å². The number of benzene rings is 1. The first kappa shape index (κ1) is 15.0. The summed E-state index contributed by atoms with van der Waals surface area (Å²) in [6.45, 7) is 5.71. The predicted molar refractivity (Wildman–Crippen MR) is 74.2 cm³/mol. The minimum atomic E-state index is -0.884. The molecule has 104 valence electrons. The second-order valence-corrected chi connectivity index (χ2v) is 5.06. The Bertz CT molecular complexity index is 484. The van der Waals surface area contributed by atoms with Gasteiger partial charge in [0, 0.05) is 11.3 Å². The lowest BCUT2D eigenvalue weighted by Gasteiger charge is -2.18. The quantitative estimate of drug-likeness (QED) is 0.732. The topological polar surface area (TPSA) is 92.4 Å². The van der Waals surface area contributed by atoms with Crippen molar-refractivity contribution in [3.8, 4) is 0 Å². The molecule has 1 rings (SSSR count). The van der Waals surface area contributed by atoms with Crippen molar-refractivity contribution in [1.29, 1.82) is 0 Å². The van der Waals surface area contributed by atoms with E-state index >= 15 is 0 Å². The molecule has 0 aliphatic rings. The Labute approximate surface area is 112 Å². The Balaban J connectivity index is 2.88. The Kier molecular flexibility index (Phi) is 4.92. The van der Waals surface area contributed by atoms with E-state index < -0.39 is 17.9 Å². The molecule has 5 heteroatoms. The van der Waals surface area contributed by atoms with Crippen LogP contribution in [0.1, 0.15) is 36.2 Å². The first-order valence-electron chi connectivity index (χ1n) is 6.21. The van der Waals surface area contributed by atoms with Gasteiger partial charge in [-0.15, -0.1) is 0 Å². The van der Waals surface area contributed by atoms with Gasteiger partial charge in [-0.25, -0.2) is 4.79 Å². The molecule has 5 nitrogen and oxygen atoms in total. The third-order valence-corrected chi connectivity index (χ3v) is 2.84. The van der Waals surface area contributed by atoms with E-state index in [9.17, 15) is 9.59 Å². The summed E-state index contributed by atoms with van der Waals surface area (Å²) in [5.74, 6) is -1.09. The van der Waals surface area contributed by atoms with E-state index in [-0.39, 0.29) is 5.92 Å². The fraction of sp³-hybridized carbons (Fsp3) is 0.429. The SMILES string of the molecule is Cc1cc(NC(CC(C)C)C(=O)O)ccc1C(N)=O. The summed E-state index contributed by atoms with van der Waals surface area (Å²) < 4.78 is 0. The minimum absolute atomic E-state index is 0.277. The minimum Gasteiger partial charge on any atom is -0.480 e. The van der Waals surface area contributed by atoms with E-state index in [1.165, 1.54) is 0 Å². The molecular formula is C14H20N2O3. The zero-order chi connectivity index (χ0) is 14.6. The molecule has 0 radical (unpaired) electrons. The Morgan fingerprint density at radius 2 is 2.00 bits per heavy atom. The number of aryl methyl sites for hydroxylation is 1. The van der Waals surface area contributed by atoms with Crippen molar-refractivity contribution >= 4 is 17.6 Å². The van der Waals surface area contributed by atoms with Crippen molar-refractivity contribution in [3.05, 3.63) is 29.3 Å². The summed E-state index contributed by atoms with van der Waals surface area (Å²) in [7, 11) is 0. The third kappa shape index (κ3) is 4.28. The van der Waals surface area contributed by atoms with Gasteiger partial charge in [0.2, 0.25) is 5.91 Å². The number of primary amides is 1. The maximum Gasteiger partial charge on any atom is 0.326 e. The van der Waals surface area contributed by atoms with Gasteiger partial charge in [0.1, 0.15) is 6.04 Å². The number of carboxylic acids is 1. The molecule has 1 unspecified atom stereocenters. The predicted octanol–water partition coefficient (Wildman–Crippen LogP) is 2.01. The maximum absolute atomic E-state index is 11.2. The van der Waals surface area contributed by atoms with Crippen molar-refractivity contribution in [2.75, 3.05) is 5.32 Å². The fourth-order valence-electron chi connectivity index (χ4n) is 1.92. The molecular weight excluding hydrogens is 244 g/mol. The highest BCUT2D eigenvalue weighted by molar-refractivity contribution is 5.94. The lowest BCUT2D eigenvalue weighted by molar-refractivity contribution is -0.138. The van der Waals surface area contributed by atoms with Crippen LogP contribution in [0.2, 0.25) is 0 Å². The maximum atomic E-state index is 11.2. The molecule has 0 heterocycles. The van der Waals surface area contributed by atoms with Crippen LogP contribution in [0, 0.1) is 12.8 Å². The number of hydrogen-bond donors (Lipinski definition) is 3. The summed E-state index contributed by atoms with van der Waals surface area (Å²) in [5, 5.41) is 12.1. The molecule has 0 bridgehead atoms. The van der Waals surface area contributed by atoms with E-state index in [1.54, 1.807) is 25.1 Å². The average molecular weight is 264 g/mol. The summed E-state index contributed by atoms with van der Waals surface area (Å²) in [4.78, 5) is 22.3. The molecule has 0 aliphatic carbocycles. The van der Waals surface area contributed by atoms with Gasteiger partial charge in [0.25, 0.3) is 0 Å². The second kappa shape index (κ2) is 6.22. The molecule has 19 heavy (non-hydrogen) atoms. The molecule has 1 aromatic rings. The Morgan fingerprint density at radius 1 is 1.37 bits per heavy atom. The molecule has 0 aromatic heterocycles. The number of carbonyl (C=O) groups is 2. The third-order valence-electron chi connectivity index (χ3n) is 2.84. The van der Waals surface area contributed by atoms with Crippen LogP contribution in [-0.2, 0) is 4.79 Å². The average Bonchev–Trinajstić information content (AvgIpc) is 2.26. The van der Waals surface area contributed by atoms with Crippen LogP contribution in [0.4, 0.5) is 5.69 Å². The standard InChI is InChI=1S/C14H20N2O3/c1-8(2)6-12(14(18)19)16-10-4-5-11(13(15)17)9(3)7-10/h4-5,7-8,12,16H,6H2,1-3H3,(H2,15,17)(H,18,19). The molecule has 0 aliphatic heterocycles. The summed E-state index contributed by atoms with van der Waals surface area (Å²) >= 11 is 0. The van der Waals surface area contributed by atoms with Gasteiger partial charge in [0.15, 0.2) is 0 Å². The summed E-state index contributed by atoms with van der Waals surface area (Å²) in [5.41, 5.74) is 7.08. The van der Waals surface area contributed by atoms with Gasteiger partial charge < -0.3 is 16.2 Å². The zero-order valence-electron chi connectivity index (χ0n) is 11.4. The van der Waals surface area contributed by atoms with Crippen molar-refractivity contribution in [2.45, 2.75) is 33.2 Å². The van der Waals surface area contributed by atoms with Crippen molar-refractivity contribution < 1.29 is 14.7 Å². The summed E-state index contributed by atoms with van der Waals surface area (Å²) in [6.07, 6.45) is 0.534. The van der Waals surface area contributed by atoms with Crippen LogP contribution >= 0.6 is 0 Å². The van der Waals surface area contributed by atoms with Crippen LogP contribution in [0.5, 0.6) is 0 Å². The van der Waals surface area contributed by atoms with Gasteiger partial charge >= 0.3 is 5.97 Å². The van der Waals surface area contributed by atoms with Gasteiger partial charge in [-0.2, -0.15) is 0 Å². The Morgan fingerprint density at radius 3 is 2.42 bits per heavy atom. The Hall–Kier alpha value is -2.04. The number of carbonyl (C=O) groups excluding carboxylic acids is 1. The molecule has 0 saturated heterocycles. The number of anilines is 1. The lowest BCUT2D eigenvalue weighted by atomic mass is 10.0. The largest absolute Gasteiger partial charge is 0.480 e. The van der Waals surface area contributed by atoms with Gasteiger partial charge in [-0.05, 0) is 43.0 Å². The van der Waals surface area contributed by atoms with Gasteiger partial charge in [0.05, 0.1) is 0 Å². The van der Waals surface area contributed by atoms with Crippen molar-refractivity contribution in [2.24, 2.45) is 11.7 Å². The number of nitrogens with two attached hydrogens (primary N) is 1. The highest BCUT2D eigenvalue weighted by Crippen LogP contribution is 2.17. The van der Waals surface area contributed by atoms with Crippen molar-refractivity contribution in [1.82, 2.24) is 0 Å². The number of carboxylic acid groups (broad SMARTS) is 1. The first-order valence-corrected chi connectivity index (χ1v) is 6.21. The van der Waals surface area contributed by atoms with Crippen molar-refractivity contribution in [3.63, 3.8) is 0 Å². The monoisotopic (exact) mass is 264 g/mol.